The van der Waals surface area contributed by atoms with Gasteiger partial charge in [0.15, 0.2) is 0 Å². The average Bonchev–Trinajstić information content (AvgIpc) is 2.71. The van der Waals surface area contributed by atoms with E-state index in [9.17, 15) is 25.5 Å². The lowest BCUT2D eigenvalue weighted by molar-refractivity contribution is -0.277. The van der Waals surface area contributed by atoms with E-state index in [1.165, 1.54) is 0 Å². The Morgan fingerprint density at radius 3 is 1.93 bits per heavy atom. The Kier molecular flexibility index (Phi) is 6.84. The fourth-order valence-electron chi connectivity index (χ4n) is 2.84. The summed E-state index contributed by atoms with van der Waals surface area (Å²) >= 11 is 0. The van der Waals surface area contributed by atoms with Crippen molar-refractivity contribution in [3.63, 3.8) is 0 Å². The Morgan fingerprint density at radius 2 is 1.36 bits per heavy atom. The monoisotopic (exact) mass is 392 g/mol. The van der Waals surface area contributed by atoms with Crippen LogP contribution in [-0.4, -0.2) is 62.8 Å². The van der Waals surface area contributed by atoms with Crippen molar-refractivity contribution in [3.05, 3.63) is 59.7 Å². The first kappa shape index (κ1) is 20.5. The number of phenolic OH excluding ortho intramolecular Hbond substituents is 1. The maximum absolute atomic E-state index is 10.0. The van der Waals surface area contributed by atoms with Gasteiger partial charge in [-0.25, -0.2) is 0 Å². The largest absolute Gasteiger partial charge is 0.508 e. The van der Waals surface area contributed by atoms with E-state index in [4.69, 9.17) is 14.2 Å². The van der Waals surface area contributed by atoms with Crippen LogP contribution in [0.3, 0.4) is 0 Å². The highest BCUT2D eigenvalue weighted by Crippen LogP contribution is 2.24. The minimum absolute atomic E-state index is 0.207. The van der Waals surface area contributed by atoms with Crippen molar-refractivity contribution < 1.29 is 39.7 Å². The first-order valence-corrected chi connectivity index (χ1v) is 8.89. The SMILES string of the molecule is OC[C@H]1O[C@@H](Oc2ccc(COCc3ccc(O)cc3)cc2)[C@H](O)[C@H](O)[C@@H]1O. The summed E-state index contributed by atoms with van der Waals surface area (Å²) in [4.78, 5) is 0. The van der Waals surface area contributed by atoms with Crippen molar-refractivity contribution in [2.24, 2.45) is 0 Å². The third kappa shape index (κ3) is 4.99. The zero-order chi connectivity index (χ0) is 20.1. The molecule has 0 aromatic heterocycles. The normalized spacial score (nSPS) is 27.5. The molecule has 3 rings (SSSR count). The maximum atomic E-state index is 10.0. The molecule has 1 saturated heterocycles. The predicted octanol–water partition coefficient (Wildman–Crippen LogP) is 0.288. The van der Waals surface area contributed by atoms with Crippen LogP contribution < -0.4 is 4.74 Å². The Balaban J connectivity index is 1.51. The molecule has 0 unspecified atom stereocenters. The van der Waals surface area contributed by atoms with Crippen molar-refractivity contribution in [2.45, 2.75) is 43.9 Å². The summed E-state index contributed by atoms with van der Waals surface area (Å²) < 4.78 is 16.5. The molecule has 1 aliphatic heterocycles. The van der Waals surface area contributed by atoms with E-state index in [1.54, 1.807) is 48.5 Å². The van der Waals surface area contributed by atoms with Crippen LogP contribution in [0.4, 0.5) is 0 Å². The van der Waals surface area contributed by atoms with Gasteiger partial charge in [0.1, 0.15) is 35.9 Å². The first-order chi connectivity index (χ1) is 13.5. The zero-order valence-corrected chi connectivity index (χ0v) is 15.1. The van der Waals surface area contributed by atoms with E-state index in [1.807, 2.05) is 0 Å². The number of hydrogen-bond acceptors (Lipinski definition) is 8. The highest BCUT2D eigenvalue weighted by molar-refractivity contribution is 5.27. The van der Waals surface area contributed by atoms with E-state index in [-0.39, 0.29) is 5.75 Å². The molecule has 5 N–H and O–H groups in total. The summed E-state index contributed by atoms with van der Waals surface area (Å²) in [5, 5.41) is 48.0. The smallest absolute Gasteiger partial charge is 0.229 e. The number of phenols is 1. The van der Waals surface area contributed by atoms with Gasteiger partial charge in [-0.3, -0.25) is 0 Å². The summed E-state index contributed by atoms with van der Waals surface area (Å²) in [6.07, 6.45) is -6.59. The number of rotatable bonds is 7. The first-order valence-electron chi connectivity index (χ1n) is 8.89. The van der Waals surface area contributed by atoms with Crippen LogP contribution in [0.25, 0.3) is 0 Å². The highest BCUT2D eigenvalue weighted by Gasteiger charge is 2.44. The molecule has 2 aromatic rings. The molecule has 0 aliphatic carbocycles. The maximum Gasteiger partial charge on any atom is 0.229 e. The van der Waals surface area contributed by atoms with Crippen LogP contribution in [0.1, 0.15) is 11.1 Å². The number of aliphatic hydroxyl groups is 4. The van der Waals surface area contributed by atoms with Crippen molar-refractivity contribution in [3.8, 4) is 11.5 Å². The molecule has 0 bridgehead atoms. The van der Waals surface area contributed by atoms with E-state index < -0.39 is 37.3 Å². The minimum atomic E-state index is -1.48. The summed E-state index contributed by atoms with van der Waals surface area (Å²) in [6.45, 7) is 0.271. The summed E-state index contributed by atoms with van der Waals surface area (Å²) in [6, 6.07) is 13.7. The van der Waals surface area contributed by atoms with Gasteiger partial charge in [0.05, 0.1) is 19.8 Å². The van der Waals surface area contributed by atoms with E-state index in [0.717, 1.165) is 11.1 Å². The molecular weight excluding hydrogens is 368 g/mol. The Labute approximate surface area is 162 Å². The highest BCUT2D eigenvalue weighted by atomic mass is 16.7. The van der Waals surface area contributed by atoms with Crippen LogP contribution in [0.15, 0.2) is 48.5 Å². The van der Waals surface area contributed by atoms with Crippen molar-refractivity contribution in [2.75, 3.05) is 6.61 Å². The van der Waals surface area contributed by atoms with Crippen LogP contribution in [0.5, 0.6) is 11.5 Å². The van der Waals surface area contributed by atoms with E-state index in [0.29, 0.717) is 19.0 Å². The summed E-state index contributed by atoms with van der Waals surface area (Å²) in [5.74, 6) is 0.602. The second-order valence-electron chi connectivity index (χ2n) is 6.62. The molecule has 28 heavy (non-hydrogen) atoms. The molecule has 8 nitrogen and oxygen atoms in total. The van der Waals surface area contributed by atoms with Gasteiger partial charge in [-0.1, -0.05) is 24.3 Å². The third-order valence-electron chi connectivity index (χ3n) is 4.50. The van der Waals surface area contributed by atoms with Crippen molar-refractivity contribution in [1.82, 2.24) is 0 Å². The lowest BCUT2D eigenvalue weighted by Crippen LogP contribution is -2.60. The zero-order valence-electron chi connectivity index (χ0n) is 15.1. The van der Waals surface area contributed by atoms with Crippen molar-refractivity contribution in [1.29, 1.82) is 0 Å². The minimum Gasteiger partial charge on any atom is -0.508 e. The van der Waals surface area contributed by atoms with Crippen LogP contribution in [-0.2, 0) is 22.7 Å². The molecule has 152 valence electrons. The lowest BCUT2D eigenvalue weighted by atomic mass is 9.99. The quantitative estimate of drug-likeness (QED) is 0.455. The summed E-state index contributed by atoms with van der Waals surface area (Å²) in [5.41, 5.74) is 1.85. The number of ether oxygens (including phenoxy) is 3. The molecular formula is C20H24O8. The number of benzene rings is 2. The van der Waals surface area contributed by atoms with Gasteiger partial charge in [-0.05, 0) is 35.4 Å². The molecule has 5 atom stereocenters. The van der Waals surface area contributed by atoms with Crippen molar-refractivity contribution >= 4 is 0 Å². The topological polar surface area (TPSA) is 129 Å². The number of hydrogen-bond donors (Lipinski definition) is 5. The van der Waals surface area contributed by atoms with Crippen LogP contribution >= 0.6 is 0 Å². The fraction of sp³-hybridized carbons (Fsp3) is 0.400. The van der Waals surface area contributed by atoms with Gasteiger partial charge in [-0.2, -0.15) is 0 Å². The van der Waals surface area contributed by atoms with Gasteiger partial charge < -0.3 is 39.7 Å². The van der Waals surface area contributed by atoms with Gasteiger partial charge >= 0.3 is 0 Å². The molecule has 0 radical (unpaired) electrons. The molecule has 0 saturated carbocycles. The number of aliphatic hydroxyl groups excluding tert-OH is 4. The second kappa shape index (κ2) is 9.33. The summed E-state index contributed by atoms with van der Waals surface area (Å²) in [7, 11) is 0. The molecule has 1 heterocycles. The Bertz CT molecular complexity index is 731. The second-order valence-corrected chi connectivity index (χ2v) is 6.62. The van der Waals surface area contributed by atoms with Crippen LogP contribution in [0, 0.1) is 0 Å². The molecule has 0 amide bonds. The van der Waals surface area contributed by atoms with Gasteiger partial charge in [-0.15, -0.1) is 0 Å². The Hall–Kier alpha value is -2.20. The van der Waals surface area contributed by atoms with E-state index >= 15 is 0 Å². The van der Waals surface area contributed by atoms with Gasteiger partial charge in [0.25, 0.3) is 0 Å². The predicted molar refractivity (Wildman–Crippen MR) is 97.4 cm³/mol. The molecule has 1 aliphatic rings. The van der Waals surface area contributed by atoms with E-state index in [2.05, 4.69) is 0 Å². The molecule has 8 heteroatoms. The van der Waals surface area contributed by atoms with Gasteiger partial charge in [0.2, 0.25) is 6.29 Å². The standard InChI is InChI=1S/C20H24O8/c21-9-16-17(23)18(24)19(25)20(28-16)27-15-7-3-13(4-8-15)11-26-10-12-1-5-14(22)6-2-12/h1-8,16-25H,9-11H2/t16-,17-,18-,19-,20-/m1/s1. The third-order valence-corrected chi connectivity index (χ3v) is 4.50. The lowest BCUT2D eigenvalue weighted by Gasteiger charge is -2.39. The molecule has 2 aromatic carbocycles. The fourth-order valence-corrected chi connectivity index (χ4v) is 2.84. The molecule has 1 fully saturated rings. The van der Waals surface area contributed by atoms with Gasteiger partial charge in [0, 0.05) is 0 Å². The average molecular weight is 392 g/mol. The number of aromatic hydroxyl groups is 1. The van der Waals surface area contributed by atoms with Crippen LogP contribution in [0.2, 0.25) is 0 Å². The molecule has 0 spiro atoms. The Morgan fingerprint density at radius 1 is 0.786 bits per heavy atom.